The summed E-state index contributed by atoms with van der Waals surface area (Å²) >= 11 is 0. The minimum Gasteiger partial charge on any atom is -0.477 e. The Morgan fingerprint density at radius 2 is 1.16 bits per heavy atom. The Labute approximate surface area is 245 Å². The molecule has 4 nitrogen and oxygen atoms in total. The summed E-state index contributed by atoms with van der Waals surface area (Å²) in [7, 11) is 0. The van der Waals surface area contributed by atoms with Gasteiger partial charge >= 0.3 is 12.3 Å². The van der Waals surface area contributed by atoms with Gasteiger partial charge in [0.15, 0.2) is 0 Å². The lowest BCUT2D eigenvalue weighted by Gasteiger charge is -2.34. The van der Waals surface area contributed by atoms with Crippen LogP contribution in [0.15, 0.2) is 128 Å². The Hall–Kier alpha value is -5.21. The highest BCUT2D eigenvalue weighted by Crippen LogP contribution is 2.39. The molecule has 0 saturated heterocycles. The molecule has 5 aromatic carbocycles. The van der Waals surface area contributed by atoms with E-state index in [0.29, 0.717) is 22.3 Å². The van der Waals surface area contributed by atoms with Gasteiger partial charge in [-0.1, -0.05) is 79.4 Å². The molecular formula is C35H24F4O4. The van der Waals surface area contributed by atoms with E-state index in [9.17, 15) is 27.5 Å². The predicted molar refractivity (Wildman–Crippen MR) is 154 cm³/mol. The number of ether oxygens (including phenoxy) is 2. The van der Waals surface area contributed by atoms with E-state index < -0.39 is 41.1 Å². The van der Waals surface area contributed by atoms with Gasteiger partial charge in [0, 0.05) is 23.3 Å². The van der Waals surface area contributed by atoms with Crippen molar-refractivity contribution in [1.29, 1.82) is 0 Å². The van der Waals surface area contributed by atoms with E-state index >= 15 is 0 Å². The van der Waals surface area contributed by atoms with Crippen LogP contribution in [0.4, 0.5) is 17.6 Å². The SMILES string of the molecule is C=CC(OC(Oc1ccccc1)C(=O)O)(c1ccc(-c2ccc(F)cc2F)cc1)c1ccc(-c2ccc(F)cc2F)cc1. The first-order chi connectivity index (χ1) is 20.7. The first kappa shape index (κ1) is 29.3. The number of hydrogen-bond donors (Lipinski definition) is 1. The van der Waals surface area contributed by atoms with Crippen LogP contribution in [0.5, 0.6) is 5.75 Å². The standard InChI is InChI=1S/C35H24F4O4/c1-2-35(43-34(33(40)41)42-28-6-4-3-5-7-28,24-12-8-22(9-13-24)29-18-16-26(36)20-31(29)38)25-14-10-23(11-15-25)30-19-17-27(37)21-32(30)39/h2-21,34H,1H2,(H,40,41). The molecule has 5 aromatic rings. The molecule has 0 aliphatic carbocycles. The third-order valence-corrected chi connectivity index (χ3v) is 6.88. The zero-order valence-electron chi connectivity index (χ0n) is 22.5. The van der Waals surface area contributed by atoms with Crippen LogP contribution in [-0.4, -0.2) is 17.4 Å². The summed E-state index contributed by atoms with van der Waals surface area (Å²) < 4.78 is 67.8. The largest absolute Gasteiger partial charge is 0.477 e. The average Bonchev–Trinajstić information content (AvgIpc) is 3.00. The molecule has 0 fully saturated rings. The average molecular weight is 585 g/mol. The molecule has 0 bridgehead atoms. The molecule has 1 N–H and O–H groups in total. The van der Waals surface area contributed by atoms with E-state index in [1.807, 2.05) is 0 Å². The summed E-state index contributed by atoms with van der Waals surface area (Å²) in [6.45, 7) is 3.94. The van der Waals surface area contributed by atoms with Crippen LogP contribution in [-0.2, 0) is 15.1 Å². The molecule has 0 heterocycles. The number of carboxylic acids is 1. The maximum Gasteiger partial charge on any atom is 0.373 e. The number of rotatable bonds is 10. The number of aliphatic carboxylic acids is 1. The quantitative estimate of drug-likeness (QED) is 0.102. The molecule has 0 spiro atoms. The Kier molecular flexibility index (Phi) is 8.41. The molecule has 0 radical (unpaired) electrons. The van der Waals surface area contributed by atoms with Crippen molar-refractivity contribution in [3.05, 3.63) is 162 Å². The molecule has 1 unspecified atom stereocenters. The topological polar surface area (TPSA) is 55.8 Å². The maximum absolute atomic E-state index is 14.5. The van der Waals surface area contributed by atoms with E-state index in [0.717, 1.165) is 24.3 Å². The van der Waals surface area contributed by atoms with Gasteiger partial charge in [0.2, 0.25) is 0 Å². The molecule has 0 aliphatic heterocycles. The van der Waals surface area contributed by atoms with Crippen LogP contribution in [0.2, 0.25) is 0 Å². The molecular weight excluding hydrogens is 560 g/mol. The Balaban J connectivity index is 1.59. The second kappa shape index (κ2) is 12.3. The molecule has 216 valence electrons. The van der Waals surface area contributed by atoms with Crippen LogP contribution < -0.4 is 4.74 Å². The van der Waals surface area contributed by atoms with Crippen LogP contribution in [0.25, 0.3) is 22.3 Å². The Morgan fingerprint density at radius 3 is 1.56 bits per heavy atom. The molecule has 0 aromatic heterocycles. The number of benzene rings is 5. The molecule has 8 heteroatoms. The fourth-order valence-electron chi connectivity index (χ4n) is 4.74. The minimum atomic E-state index is -1.80. The van der Waals surface area contributed by atoms with Crippen molar-refractivity contribution in [2.24, 2.45) is 0 Å². The van der Waals surface area contributed by atoms with Crippen molar-refractivity contribution in [1.82, 2.24) is 0 Å². The number of carboxylic acid groups (broad SMARTS) is 1. The number of hydrogen-bond acceptors (Lipinski definition) is 3. The van der Waals surface area contributed by atoms with Gasteiger partial charge in [-0.15, -0.1) is 0 Å². The van der Waals surface area contributed by atoms with Gasteiger partial charge in [-0.2, -0.15) is 0 Å². The molecule has 0 aliphatic rings. The highest BCUT2D eigenvalue weighted by Gasteiger charge is 2.39. The van der Waals surface area contributed by atoms with Gasteiger partial charge in [-0.05, 0) is 58.7 Å². The molecule has 43 heavy (non-hydrogen) atoms. The van der Waals surface area contributed by atoms with Crippen LogP contribution >= 0.6 is 0 Å². The summed E-state index contributed by atoms with van der Waals surface area (Å²) in [5, 5.41) is 10.0. The lowest BCUT2D eigenvalue weighted by Crippen LogP contribution is -2.40. The van der Waals surface area contributed by atoms with Gasteiger partial charge < -0.3 is 14.6 Å². The lowest BCUT2D eigenvalue weighted by atomic mass is 9.84. The van der Waals surface area contributed by atoms with E-state index in [2.05, 4.69) is 6.58 Å². The smallest absolute Gasteiger partial charge is 0.373 e. The zero-order valence-corrected chi connectivity index (χ0v) is 22.5. The summed E-state index contributed by atoms with van der Waals surface area (Å²) in [6.07, 6.45) is -0.401. The van der Waals surface area contributed by atoms with Crippen molar-refractivity contribution in [2.45, 2.75) is 11.9 Å². The van der Waals surface area contributed by atoms with E-state index in [4.69, 9.17) is 9.47 Å². The van der Waals surface area contributed by atoms with Crippen LogP contribution in [0.1, 0.15) is 11.1 Å². The lowest BCUT2D eigenvalue weighted by molar-refractivity contribution is -0.187. The first-order valence-electron chi connectivity index (χ1n) is 13.1. The Bertz CT molecular complexity index is 1660. The van der Waals surface area contributed by atoms with Gasteiger partial charge in [0.05, 0.1) is 0 Å². The summed E-state index contributed by atoms with van der Waals surface area (Å²) in [5.74, 6) is -4.07. The van der Waals surface area contributed by atoms with Gasteiger partial charge in [0.1, 0.15) is 34.6 Å². The normalized spacial score (nSPS) is 12.0. The fourth-order valence-corrected chi connectivity index (χ4v) is 4.74. The van der Waals surface area contributed by atoms with Crippen molar-refractivity contribution in [2.75, 3.05) is 0 Å². The second-order valence-electron chi connectivity index (χ2n) is 9.56. The maximum atomic E-state index is 14.5. The summed E-state index contributed by atoms with van der Waals surface area (Å²) in [4.78, 5) is 12.3. The fraction of sp³-hybridized carbons (Fsp3) is 0.0571. The van der Waals surface area contributed by atoms with Crippen molar-refractivity contribution < 1.29 is 36.9 Å². The van der Waals surface area contributed by atoms with Crippen LogP contribution in [0.3, 0.4) is 0 Å². The van der Waals surface area contributed by atoms with Crippen molar-refractivity contribution >= 4 is 5.97 Å². The first-order valence-corrected chi connectivity index (χ1v) is 13.1. The molecule has 0 saturated carbocycles. The molecule has 5 rings (SSSR count). The third kappa shape index (κ3) is 6.19. The number of carbonyl (C=O) groups is 1. The Morgan fingerprint density at radius 1 is 0.698 bits per heavy atom. The molecule has 1 atom stereocenters. The van der Waals surface area contributed by atoms with Gasteiger partial charge in [0.25, 0.3) is 0 Å². The number of para-hydroxylation sites is 1. The van der Waals surface area contributed by atoms with E-state index in [-0.39, 0.29) is 16.9 Å². The second-order valence-corrected chi connectivity index (χ2v) is 9.56. The molecule has 0 amide bonds. The monoisotopic (exact) mass is 584 g/mol. The minimum absolute atomic E-state index is 0.166. The van der Waals surface area contributed by atoms with Crippen molar-refractivity contribution in [3.8, 4) is 28.0 Å². The zero-order chi connectivity index (χ0) is 30.6. The predicted octanol–water partition coefficient (Wildman–Crippen LogP) is 8.51. The van der Waals surface area contributed by atoms with E-state index in [1.165, 1.54) is 18.2 Å². The van der Waals surface area contributed by atoms with Crippen LogP contribution in [0, 0.1) is 23.3 Å². The highest BCUT2D eigenvalue weighted by atomic mass is 19.1. The third-order valence-electron chi connectivity index (χ3n) is 6.88. The number of halogens is 4. The van der Waals surface area contributed by atoms with Gasteiger partial charge in [-0.3, -0.25) is 0 Å². The summed E-state index contributed by atoms with van der Waals surface area (Å²) in [6, 6.07) is 27.5. The summed E-state index contributed by atoms with van der Waals surface area (Å²) in [5.41, 5.74) is 0.416. The highest BCUT2D eigenvalue weighted by molar-refractivity contribution is 5.72. The van der Waals surface area contributed by atoms with E-state index in [1.54, 1.807) is 78.9 Å². The van der Waals surface area contributed by atoms with Crippen molar-refractivity contribution in [3.63, 3.8) is 0 Å². The van der Waals surface area contributed by atoms with Gasteiger partial charge in [-0.25, -0.2) is 22.4 Å².